The van der Waals surface area contributed by atoms with Crippen LogP contribution in [0.25, 0.3) is 0 Å². The fraction of sp³-hybridized carbons (Fsp3) is 0.538. The van der Waals surface area contributed by atoms with Crippen LogP contribution >= 0.6 is 0 Å². The van der Waals surface area contributed by atoms with Crippen molar-refractivity contribution in [3.8, 4) is 0 Å². The summed E-state index contributed by atoms with van der Waals surface area (Å²) in [5, 5.41) is 3.25. The minimum absolute atomic E-state index is 0.348. The number of unbranched alkanes of at least 4 members (excludes halogenated alkanes) is 1. The fourth-order valence-corrected chi connectivity index (χ4v) is 1.58. The van der Waals surface area contributed by atoms with Crippen LogP contribution in [-0.2, 0) is 16.0 Å². The van der Waals surface area contributed by atoms with Crippen LogP contribution in [0.1, 0.15) is 28.9 Å². The minimum Gasteiger partial charge on any atom is -0.465 e. The van der Waals surface area contributed by atoms with Crippen molar-refractivity contribution in [2.24, 2.45) is 0 Å². The van der Waals surface area contributed by atoms with E-state index in [1.54, 1.807) is 25.4 Å². The van der Waals surface area contributed by atoms with Crippen LogP contribution in [0.15, 0.2) is 18.3 Å². The van der Waals surface area contributed by atoms with Gasteiger partial charge in [-0.15, -0.1) is 0 Å². The molecular weight excluding hydrogens is 232 g/mol. The molecule has 0 aliphatic rings. The Balaban J connectivity index is 2.39. The second-order valence-electron chi connectivity index (χ2n) is 3.87. The molecule has 0 saturated carbocycles. The Morgan fingerprint density at radius 1 is 1.39 bits per heavy atom. The van der Waals surface area contributed by atoms with Gasteiger partial charge in [-0.25, -0.2) is 4.79 Å². The van der Waals surface area contributed by atoms with Gasteiger partial charge in [0.25, 0.3) is 0 Å². The highest BCUT2D eigenvalue weighted by molar-refractivity contribution is 5.90. The molecule has 0 aliphatic heterocycles. The largest absolute Gasteiger partial charge is 0.465 e. The highest BCUT2D eigenvalue weighted by Crippen LogP contribution is 2.06. The molecule has 0 atom stereocenters. The zero-order chi connectivity index (χ0) is 13.2. The summed E-state index contributed by atoms with van der Waals surface area (Å²) in [6, 6.07) is 3.45. The van der Waals surface area contributed by atoms with Crippen LogP contribution in [0.3, 0.4) is 0 Å². The summed E-state index contributed by atoms with van der Waals surface area (Å²) in [6.45, 7) is 2.22. The van der Waals surface area contributed by atoms with Crippen LogP contribution in [0.5, 0.6) is 0 Å². The first-order valence-corrected chi connectivity index (χ1v) is 6.01. The maximum Gasteiger partial charge on any atom is 0.339 e. The molecule has 0 aliphatic carbocycles. The zero-order valence-corrected chi connectivity index (χ0v) is 10.9. The van der Waals surface area contributed by atoms with Crippen molar-refractivity contribution < 1.29 is 14.3 Å². The van der Waals surface area contributed by atoms with Crippen LogP contribution in [0.2, 0.25) is 0 Å². The zero-order valence-electron chi connectivity index (χ0n) is 10.9. The molecule has 5 heteroatoms. The first-order chi connectivity index (χ1) is 8.79. The van der Waals surface area contributed by atoms with E-state index < -0.39 is 0 Å². The highest BCUT2D eigenvalue weighted by atomic mass is 16.5. The second kappa shape index (κ2) is 8.60. The number of ether oxygens (including phenoxy) is 2. The number of pyridine rings is 1. The molecule has 100 valence electrons. The number of nitrogens with one attached hydrogen (secondary N) is 1. The number of methoxy groups -OCH3 is 2. The van der Waals surface area contributed by atoms with E-state index in [2.05, 4.69) is 10.3 Å². The van der Waals surface area contributed by atoms with Gasteiger partial charge in [-0.1, -0.05) is 0 Å². The lowest BCUT2D eigenvalue weighted by Gasteiger charge is -2.08. The molecule has 0 radical (unpaired) electrons. The van der Waals surface area contributed by atoms with Crippen molar-refractivity contribution in [2.45, 2.75) is 19.4 Å². The van der Waals surface area contributed by atoms with Crippen molar-refractivity contribution in [2.75, 3.05) is 27.4 Å². The number of nitrogens with zero attached hydrogens (tertiary/aromatic N) is 1. The molecule has 0 amide bonds. The van der Waals surface area contributed by atoms with Gasteiger partial charge in [-0.2, -0.15) is 0 Å². The minimum atomic E-state index is -0.348. The Morgan fingerprint density at radius 3 is 2.94 bits per heavy atom. The summed E-state index contributed by atoms with van der Waals surface area (Å²) in [5.41, 5.74) is 1.24. The Kier molecular flexibility index (Phi) is 6.98. The first-order valence-electron chi connectivity index (χ1n) is 6.01. The Labute approximate surface area is 108 Å². The van der Waals surface area contributed by atoms with Gasteiger partial charge in [0.15, 0.2) is 0 Å². The van der Waals surface area contributed by atoms with Gasteiger partial charge in [-0.3, -0.25) is 4.98 Å². The average Bonchev–Trinajstić information content (AvgIpc) is 2.42. The topological polar surface area (TPSA) is 60.5 Å². The predicted octanol–water partition coefficient (Wildman–Crippen LogP) is 1.38. The SMILES string of the molecule is COCCCCNCc1ncccc1C(=O)OC. The number of esters is 1. The normalized spacial score (nSPS) is 10.3. The van der Waals surface area contributed by atoms with Gasteiger partial charge in [-0.05, 0) is 31.5 Å². The lowest BCUT2D eigenvalue weighted by Crippen LogP contribution is -2.19. The van der Waals surface area contributed by atoms with E-state index in [0.29, 0.717) is 12.1 Å². The first kappa shape index (κ1) is 14.6. The third kappa shape index (κ3) is 4.81. The Bertz CT molecular complexity index is 369. The molecule has 0 fully saturated rings. The van der Waals surface area contributed by atoms with Crippen LogP contribution in [-0.4, -0.2) is 38.3 Å². The molecular formula is C13H20N2O3. The summed E-state index contributed by atoms with van der Waals surface area (Å²) >= 11 is 0. The summed E-state index contributed by atoms with van der Waals surface area (Å²) in [5.74, 6) is -0.348. The van der Waals surface area contributed by atoms with Crippen molar-refractivity contribution in [1.82, 2.24) is 10.3 Å². The second-order valence-corrected chi connectivity index (χ2v) is 3.87. The van der Waals surface area contributed by atoms with Crippen molar-refractivity contribution in [3.05, 3.63) is 29.6 Å². The fourth-order valence-electron chi connectivity index (χ4n) is 1.58. The number of carbonyl (C=O) groups is 1. The monoisotopic (exact) mass is 252 g/mol. The quantitative estimate of drug-likeness (QED) is 0.559. The molecule has 1 heterocycles. The molecule has 5 nitrogen and oxygen atoms in total. The van der Waals surface area contributed by atoms with E-state index in [1.807, 2.05) is 0 Å². The Morgan fingerprint density at radius 2 is 2.22 bits per heavy atom. The van der Waals surface area contributed by atoms with Gasteiger partial charge >= 0.3 is 5.97 Å². The number of carbonyl (C=O) groups excluding carboxylic acids is 1. The molecule has 0 aromatic carbocycles. The van der Waals surface area contributed by atoms with E-state index in [4.69, 9.17) is 9.47 Å². The van der Waals surface area contributed by atoms with E-state index in [9.17, 15) is 4.79 Å². The number of rotatable bonds is 8. The Hall–Kier alpha value is -1.46. The molecule has 0 unspecified atom stereocenters. The molecule has 1 N–H and O–H groups in total. The van der Waals surface area contributed by atoms with Crippen molar-refractivity contribution in [1.29, 1.82) is 0 Å². The molecule has 0 bridgehead atoms. The number of hydrogen-bond acceptors (Lipinski definition) is 5. The molecule has 1 aromatic rings. The van der Waals surface area contributed by atoms with Crippen LogP contribution in [0.4, 0.5) is 0 Å². The van der Waals surface area contributed by atoms with Gasteiger partial charge in [0.1, 0.15) is 0 Å². The molecule has 1 aromatic heterocycles. The van der Waals surface area contributed by atoms with Gasteiger partial charge in [0.05, 0.1) is 18.4 Å². The number of hydrogen-bond donors (Lipinski definition) is 1. The highest BCUT2D eigenvalue weighted by Gasteiger charge is 2.11. The lowest BCUT2D eigenvalue weighted by atomic mass is 10.2. The van der Waals surface area contributed by atoms with Crippen LogP contribution in [0, 0.1) is 0 Å². The van der Waals surface area contributed by atoms with Gasteiger partial charge in [0.2, 0.25) is 0 Å². The molecule has 18 heavy (non-hydrogen) atoms. The van der Waals surface area contributed by atoms with E-state index in [-0.39, 0.29) is 5.97 Å². The molecule has 1 rings (SSSR count). The molecule has 0 saturated heterocycles. The third-order valence-electron chi connectivity index (χ3n) is 2.54. The standard InChI is InChI=1S/C13H20N2O3/c1-17-9-4-3-7-14-10-12-11(13(16)18-2)6-5-8-15-12/h5-6,8,14H,3-4,7,9-10H2,1-2H3. The van der Waals surface area contributed by atoms with Gasteiger partial charge < -0.3 is 14.8 Å². The van der Waals surface area contributed by atoms with Crippen molar-refractivity contribution in [3.63, 3.8) is 0 Å². The predicted molar refractivity (Wildman–Crippen MR) is 68.4 cm³/mol. The van der Waals surface area contributed by atoms with E-state index >= 15 is 0 Å². The molecule has 0 spiro atoms. The summed E-state index contributed by atoms with van der Waals surface area (Å²) in [7, 11) is 3.07. The van der Waals surface area contributed by atoms with E-state index in [1.165, 1.54) is 7.11 Å². The van der Waals surface area contributed by atoms with Gasteiger partial charge in [0, 0.05) is 26.5 Å². The smallest absolute Gasteiger partial charge is 0.339 e. The summed E-state index contributed by atoms with van der Waals surface area (Å²) in [6.07, 6.45) is 3.73. The average molecular weight is 252 g/mol. The third-order valence-corrected chi connectivity index (χ3v) is 2.54. The summed E-state index contributed by atoms with van der Waals surface area (Å²) < 4.78 is 9.68. The summed E-state index contributed by atoms with van der Waals surface area (Å²) in [4.78, 5) is 15.7. The maximum absolute atomic E-state index is 11.5. The lowest BCUT2D eigenvalue weighted by molar-refractivity contribution is 0.0598. The maximum atomic E-state index is 11.5. The van der Waals surface area contributed by atoms with Crippen molar-refractivity contribution >= 4 is 5.97 Å². The number of aromatic nitrogens is 1. The van der Waals surface area contributed by atoms with Crippen LogP contribution < -0.4 is 5.32 Å². The van der Waals surface area contributed by atoms with E-state index in [0.717, 1.165) is 31.7 Å².